The minimum absolute atomic E-state index is 0.693. The highest BCUT2D eigenvalue weighted by atomic mass is 31.2. The summed E-state index contributed by atoms with van der Waals surface area (Å²) in [5, 5.41) is 14.7. The van der Waals surface area contributed by atoms with Crippen LogP contribution in [0.2, 0.25) is 0 Å². The molecular weight excluding hydrogens is 402 g/mol. The third-order valence-corrected chi connectivity index (χ3v) is 12.4. The van der Waals surface area contributed by atoms with Crippen molar-refractivity contribution in [3.8, 4) is 6.19 Å². The Morgan fingerprint density at radius 1 is 0.600 bits per heavy atom. The monoisotopic (exact) mass is 424 g/mol. The van der Waals surface area contributed by atoms with Crippen LogP contribution in [0.5, 0.6) is 0 Å². The molecule has 0 saturated heterocycles. The molecule has 0 unspecified atom stereocenters. The van der Waals surface area contributed by atoms with E-state index >= 15 is 0 Å². The van der Waals surface area contributed by atoms with E-state index < -0.39 is 15.0 Å². The molecule has 0 amide bonds. The van der Waals surface area contributed by atoms with Crippen LogP contribution in [-0.4, -0.2) is 5.90 Å². The van der Waals surface area contributed by atoms with Crippen LogP contribution in [0.25, 0.3) is 0 Å². The first-order valence-electron chi connectivity index (χ1n) is 9.82. The maximum Gasteiger partial charge on any atom is 0.204 e. The first-order valence-corrected chi connectivity index (χ1v) is 13.3. The van der Waals surface area contributed by atoms with Crippen molar-refractivity contribution in [2.45, 2.75) is 0 Å². The third-order valence-electron chi connectivity index (χ3n) is 5.06. The lowest BCUT2D eigenvalue weighted by molar-refractivity contribution is 1.45. The topological polar surface area (TPSA) is 36.1 Å². The molecule has 0 fully saturated rings. The van der Waals surface area contributed by atoms with Crippen molar-refractivity contribution in [2.75, 3.05) is 5.90 Å². The Labute approximate surface area is 179 Å². The van der Waals surface area contributed by atoms with Gasteiger partial charge in [0.2, 0.25) is 6.19 Å². The Balaban J connectivity index is 1.95. The molecular formula is C26H22N2P2. The average Bonchev–Trinajstić information content (AvgIpc) is 2.84. The van der Waals surface area contributed by atoms with Gasteiger partial charge in [0.05, 0.1) is 7.05 Å². The molecule has 0 bridgehead atoms. The van der Waals surface area contributed by atoms with Crippen molar-refractivity contribution < 1.29 is 0 Å². The predicted octanol–water partition coefficient (Wildman–Crippen LogP) is 5.41. The van der Waals surface area contributed by atoms with Crippen LogP contribution in [0.4, 0.5) is 0 Å². The molecule has 0 aliphatic heterocycles. The molecule has 146 valence electrons. The molecule has 4 rings (SSSR count). The zero-order chi connectivity index (χ0) is 20.7. The summed E-state index contributed by atoms with van der Waals surface area (Å²) in [5.41, 5.74) is 0. The second-order valence-electron chi connectivity index (χ2n) is 6.88. The fourth-order valence-corrected chi connectivity index (χ4v) is 11.5. The Kier molecular flexibility index (Phi) is 6.56. The largest absolute Gasteiger partial charge is 0.204 e. The second-order valence-corrected chi connectivity index (χ2v) is 12.7. The summed E-state index contributed by atoms with van der Waals surface area (Å²) in [7, 11) is -2.99. The van der Waals surface area contributed by atoms with Gasteiger partial charge in [0.1, 0.15) is 0 Å². The Morgan fingerprint density at radius 2 is 0.967 bits per heavy atom. The Morgan fingerprint density at radius 3 is 1.33 bits per heavy atom. The van der Waals surface area contributed by atoms with Crippen LogP contribution in [0, 0.1) is 11.5 Å². The zero-order valence-corrected chi connectivity index (χ0v) is 18.3. The fourth-order valence-electron chi connectivity index (χ4n) is 3.62. The average molecular weight is 424 g/mol. The van der Waals surface area contributed by atoms with E-state index in [2.05, 4.69) is 91.1 Å². The smallest absolute Gasteiger partial charge is 0.184 e. The highest BCUT2D eigenvalue weighted by Crippen LogP contribution is 2.56. The maximum absolute atomic E-state index is 9.80. The molecule has 0 aliphatic rings. The first kappa shape index (κ1) is 20.3. The van der Waals surface area contributed by atoms with Crippen LogP contribution < -0.4 is 21.2 Å². The van der Waals surface area contributed by atoms with E-state index in [1.807, 2.05) is 36.4 Å². The van der Waals surface area contributed by atoms with Gasteiger partial charge < -0.3 is 0 Å². The molecule has 0 radical (unpaired) electrons. The molecule has 30 heavy (non-hydrogen) atoms. The SMILES string of the molecule is N#CN=P(CP(c1ccccc1)c1ccccc1)(c1ccccc1)c1ccccc1. The molecule has 4 aromatic carbocycles. The summed E-state index contributed by atoms with van der Waals surface area (Å²) < 4.78 is 4.72. The van der Waals surface area contributed by atoms with Crippen molar-refractivity contribution in [1.29, 1.82) is 5.26 Å². The Hall–Kier alpha value is -2.97. The van der Waals surface area contributed by atoms with E-state index in [0.29, 0.717) is 0 Å². The minimum atomic E-state index is -2.30. The molecule has 4 heteroatoms. The van der Waals surface area contributed by atoms with Gasteiger partial charge in [-0.3, -0.25) is 0 Å². The number of nitrogens with zero attached hydrogens (tertiary/aromatic N) is 2. The van der Waals surface area contributed by atoms with Gasteiger partial charge in [-0.05, 0) is 29.1 Å². The van der Waals surface area contributed by atoms with Crippen LogP contribution in [-0.2, 0) is 0 Å². The normalized spacial score (nSPS) is 11.1. The van der Waals surface area contributed by atoms with E-state index in [4.69, 9.17) is 4.74 Å². The molecule has 0 heterocycles. The lowest BCUT2D eigenvalue weighted by Gasteiger charge is -2.30. The molecule has 0 saturated carbocycles. The van der Waals surface area contributed by atoms with Gasteiger partial charge >= 0.3 is 0 Å². The molecule has 0 atom stereocenters. The van der Waals surface area contributed by atoms with E-state index in [0.717, 1.165) is 16.5 Å². The summed E-state index contributed by atoms with van der Waals surface area (Å²) in [6.45, 7) is 0. The summed E-state index contributed by atoms with van der Waals surface area (Å²) in [6.07, 6.45) is 2.20. The molecule has 0 aromatic heterocycles. The number of hydrogen-bond donors (Lipinski definition) is 0. The van der Waals surface area contributed by atoms with Crippen LogP contribution in [0.15, 0.2) is 126 Å². The molecule has 4 aromatic rings. The van der Waals surface area contributed by atoms with Gasteiger partial charge in [0.15, 0.2) is 0 Å². The van der Waals surface area contributed by atoms with E-state index in [9.17, 15) is 5.26 Å². The second kappa shape index (κ2) is 9.69. The summed E-state index contributed by atoms with van der Waals surface area (Å²) >= 11 is 0. The lowest BCUT2D eigenvalue weighted by atomic mass is 10.4. The summed E-state index contributed by atoms with van der Waals surface area (Å²) in [5.74, 6) is 0.831. The van der Waals surface area contributed by atoms with Crippen molar-refractivity contribution >= 4 is 36.2 Å². The molecule has 0 aliphatic carbocycles. The number of nitriles is 1. The van der Waals surface area contributed by atoms with Crippen molar-refractivity contribution in [1.82, 2.24) is 0 Å². The number of benzene rings is 4. The molecule has 2 nitrogen and oxygen atoms in total. The number of rotatable bonds is 6. The first-order chi connectivity index (χ1) is 14.8. The number of hydrogen-bond acceptors (Lipinski definition) is 2. The van der Waals surface area contributed by atoms with Gasteiger partial charge in [-0.15, -0.1) is 0 Å². The fraction of sp³-hybridized carbons (Fsp3) is 0.0385. The van der Waals surface area contributed by atoms with Crippen molar-refractivity contribution in [2.24, 2.45) is 4.74 Å². The lowest BCUT2D eigenvalue weighted by Crippen LogP contribution is -2.23. The molecule has 0 N–H and O–H groups in total. The predicted molar refractivity (Wildman–Crippen MR) is 131 cm³/mol. The minimum Gasteiger partial charge on any atom is -0.184 e. The highest BCUT2D eigenvalue weighted by Gasteiger charge is 2.30. The van der Waals surface area contributed by atoms with Crippen molar-refractivity contribution in [3.63, 3.8) is 0 Å². The summed E-state index contributed by atoms with van der Waals surface area (Å²) in [6, 6.07) is 42.1. The van der Waals surface area contributed by atoms with Gasteiger partial charge in [-0.25, -0.2) is 0 Å². The van der Waals surface area contributed by atoms with Gasteiger partial charge in [0.25, 0.3) is 0 Å². The van der Waals surface area contributed by atoms with E-state index in [1.54, 1.807) is 0 Å². The summed E-state index contributed by atoms with van der Waals surface area (Å²) in [4.78, 5) is 0. The molecule has 0 spiro atoms. The zero-order valence-electron chi connectivity index (χ0n) is 16.5. The van der Waals surface area contributed by atoms with Crippen LogP contribution >= 0.6 is 15.0 Å². The highest BCUT2D eigenvalue weighted by molar-refractivity contribution is 7.92. The van der Waals surface area contributed by atoms with Gasteiger partial charge in [-0.1, -0.05) is 121 Å². The van der Waals surface area contributed by atoms with Crippen LogP contribution in [0.1, 0.15) is 0 Å². The van der Waals surface area contributed by atoms with Gasteiger partial charge in [0, 0.05) is 5.90 Å². The van der Waals surface area contributed by atoms with E-state index in [1.165, 1.54) is 10.6 Å². The maximum atomic E-state index is 9.80. The third kappa shape index (κ3) is 4.29. The van der Waals surface area contributed by atoms with E-state index in [-0.39, 0.29) is 0 Å². The van der Waals surface area contributed by atoms with Gasteiger partial charge in [-0.2, -0.15) is 10.0 Å². The Bertz CT molecular complexity index is 1090. The quantitative estimate of drug-likeness (QED) is 0.301. The standard InChI is InChI=1S/C26H22N2P2/c27-21-28-30(25-17-9-3-10-18-25,26-19-11-4-12-20-26)22-29(23-13-5-1-6-14-23)24-15-7-2-8-16-24/h1-20H,22H2. The van der Waals surface area contributed by atoms with Crippen LogP contribution in [0.3, 0.4) is 0 Å². The van der Waals surface area contributed by atoms with Crippen molar-refractivity contribution in [3.05, 3.63) is 121 Å².